The highest BCUT2D eigenvalue weighted by Gasteiger charge is 2.02. The molecule has 1 aromatic carbocycles. The maximum atomic E-state index is 3.92. The number of aromatic nitrogens is 4. The maximum Gasteiger partial charge on any atom is 0.155 e. The van der Waals surface area contributed by atoms with Crippen LogP contribution in [-0.2, 0) is 13.5 Å². The number of nitrogens with zero attached hydrogens (tertiary/aromatic N) is 4. The van der Waals surface area contributed by atoms with Crippen LogP contribution in [0.15, 0.2) is 28.7 Å². The second kappa shape index (κ2) is 3.88. The van der Waals surface area contributed by atoms with Crippen LogP contribution in [0.1, 0.15) is 11.4 Å². The minimum Gasteiger partial charge on any atom is -0.232 e. The zero-order chi connectivity index (χ0) is 9.97. The summed E-state index contributed by atoms with van der Waals surface area (Å²) in [6, 6.07) is 8.13. The van der Waals surface area contributed by atoms with E-state index in [-0.39, 0.29) is 0 Å². The van der Waals surface area contributed by atoms with Crippen LogP contribution in [0.25, 0.3) is 0 Å². The molecule has 0 amide bonds. The third-order valence-corrected chi connectivity index (χ3v) is 2.51. The second-order valence-electron chi connectivity index (χ2n) is 3.02. The van der Waals surface area contributed by atoms with Crippen LogP contribution in [-0.4, -0.2) is 20.2 Å². The number of aryl methyl sites for hydroxylation is 1. The van der Waals surface area contributed by atoms with Crippen LogP contribution in [0.2, 0.25) is 0 Å². The van der Waals surface area contributed by atoms with E-state index >= 15 is 0 Å². The molecule has 0 atom stereocenters. The first-order chi connectivity index (χ1) is 6.75. The van der Waals surface area contributed by atoms with Crippen molar-refractivity contribution in [2.45, 2.75) is 6.42 Å². The highest BCUT2D eigenvalue weighted by atomic mass is 79.9. The van der Waals surface area contributed by atoms with Gasteiger partial charge in [0.05, 0.1) is 0 Å². The van der Waals surface area contributed by atoms with E-state index in [4.69, 9.17) is 0 Å². The number of halogens is 1. The minimum absolute atomic E-state index is 0.761. The summed E-state index contributed by atoms with van der Waals surface area (Å²) in [6.45, 7) is 0. The predicted octanol–water partition coefficient (Wildman–Crippen LogP) is 1.56. The number of hydrogen-bond acceptors (Lipinski definition) is 3. The zero-order valence-corrected chi connectivity index (χ0v) is 9.27. The smallest absolute Gasteiger partial charge is 0.155 e. The molecule has 0 bridgehead atoms. The molecule has 0 aliphatic carbocycles. The van der Waals surface area contributed by atoms with Crippen molar-refractivity contribution in [3.05, 3.63) is 40.1 Å². The van der Waals surface area contributed by atoms with Crippen molar-refractivity contribution in [1.29, 1.82) is 0 Å². The van der Waals surface area contributed by atoms with E-state index in [1.165, 1.54) is 5.56 Å². The molecule has 1 aromatic heterocycles. The van der Waals surface area contributed by atoms with Gasteiger partial charge in [0.1, 0.15) is 0 Å². The van der Waals surface area contributed by atoms with Crippen molar-refractivity contribution in [3.63, 3.8) is 0 Å². The van der Waals surface area contributed by atoms with Crippen molar-refractivity contribution < 1.29 is 0 Å². The van der Waals surface area contributed by atoms with Crippen molar-refractivity contribution in [2.24, 2.45) is 7.05 Å². The van der Waals surface area contributed by atoms with E-state index in [1.54, 1.807) is 4.68 Å². The Balaban J connectivity index is 2.19. The average Bonchev–Trinajstić information content (AvgIpc) is 2.56. The Labute approximate surface area is 90.1 Å². The van der Waals surface area contributed by atoms with Crippen LogP contribution in [0.5, 0.6) is 0 Å². The number of rotatable bonds is 2. The molecular formula is C9H9BrN4. The molecule has 1 heterocycles. The lowest BCUT2D eigenvalue weighted by Gasteiger charge is -1.99. The van der Waals surface area contributed by atoms with Crippen molar-refractivity contribution in [1.82, 2.24) is 20.2 Å². The number of benzene rings is 1. The molecule has 72 valence electrons. The Hall–Kier alpha value is -1.23. The minimum atomic E-state index is 0.761. The largest absolute Gasteiger partial charge is 0.232 e. The van der Waals surface area contributed by atoms with Gasteiger partial charge in [-0.05, 0) is 28.1 Å². The SMILES string of the molecule is Cn1nnnc1Cc1ccc(Br)cc1. The molecule has 0 fully saturated rings. The van der Waals surface area contributed by atoms with Gasteiger partial charge in [0.2, 0.25) is 0 Å². The number of tetrazole rings is 1. The third kappa shape index (κ3) is 1.98. The zero-order valence-electron chi connectivity index (χ0n) is 7.68. The topological polar surface area (TPSA) is 43.6 Å². The van der Waals surface area contributed by atoms with Crippen LogP contribution < -0.4 is 0 Å². The summed E-state index contributed by atoms with van der Waals surface area (Å²) in [5.74, 6) is 0.868. The fourth-order valence-electron chi connectivity index (χ4n) is 1.18. The normalized spacial score (nSPS) is 10.4. The van der Waals surface area contributed by atoms with E-state index in [0.717, 1.165) is 16.7 Å². The van der Waals surface area contributed by atoms with Gasteiger partial charge in [-0.1, -0.05) is 28.1 Å². The monoisotopic (exact) mass is 252 g/mol. The van der Waals surface area contributed by atoms with Gasteiger partial charge in [-0.25, -0.2) is 4.68 Å². The lowest BCUT2D eigenvalue weighted by molar-refractivity contribution is 0.686. The molecule has 0 saturated carbocycles. The lowest BCUT2D eigenvalue weighted by atomic mass is 10.1. The Kier molecular flexibility index (Phi) is 2.58. The molecule has 0 aliphatic rings. The molecule has 5 heteroatoms. The van der Waals surface area contributed by atoms with Crippen molar-refractivity contribution in [2.75, 3.05) is 0 Å². The Morgan fingerprint density at radius 1 is 1.29 bits per heavy atom. The van der Waals surface area contributed by atoms with E-state index in [1.807, 2.05) is 19.2 Å². The molecule has 0 N–H and O–H groups in total. The van der Waals surface area contributed by atoms with Crippen LogP contribution in [0.3, 0.4) is 0 Å². The van der Waals surface area contributed by atoms with Gasteiger partial charge in [0.15, 0.2) is 5.82 Å². The average molecular weight is 253 g/mol. The molecule has 0 saturated heterocycles. The molecule has 0 radical (unpaired) electrons. The Bertz CT molecular complexity index is 421. The molecule has 0 aliphatic heterocycles. The summed E-state index contributed by atoms with van der Waals surface area (Å²) in [5, 5.41) is 11.3. The first-order valence-corrected chi connectivity index (χ1v) is 5.00. The van der Waals surface area contributed by atoms with E-state index in [2.05, 4.69) is 43.6 Å². The fraction of sp³-hybridized carbons (Fsp3) is 0.222. The summed E-state index contributed by atoms with van der Waals surface area (Å²) in [5.41, 5.74) is 1.20. The summed E-state index contributed by atoms with van der Waals surface area (Å²) in [6.07, 6.45) is 0.761. The molecule has 4 nitrogen and oxygen atoms in total. The molecule has 0 unspecified atom stereocenters. The summed E-state index contributed by atoms with van der Waals surface area (Å²) < 4.78 is 2.76. The molecular weight excluding hydrogens is 244 g/mol. The summed E-state index contributed by atoms with van der Waals surface area (Å²) in [7, 11) is 1.84. The molecule has 2 rings (SSSR count). The Morgan fingerprint density at radius 2 is 2.00 bits per heavy atom. The summed E-state index contributed by atoms with van der Waals surface area (Å²) in [4.78, 5) is 0. The quantitative estimate of drug-likeness (QED) is 0.815. The van der Waals surface area contributed by atoms with Crippen LogP contribution in [0, 0.1) is 0 Å². The highest BCUT2D eigenvalue weighted by molar-refractivity contribution is 9.10. The maximum absolute atomic E-state index is 3.92. The standard InChI is InChI=1S/C9H9BrN4/c1-14-9(11-12-13-14)6-7-2-4-8(10)5-3-7/h2-5H,6H2,1H3. The fourth-order valence-corrected chi connectivity index (χ4v) is 1.45. The lowest BCUT2D eigenvalue weighted by Crippen LogP contribution is -2.00. The van der Waals surface area contributed by atoms with Crippen molar-refractivity contribution in [3.8, 4) is 0 Å². The first-order valence-electron chi connectivity index (χ1n) is 4.21. The third-order valence-electron chi connectivity index (χ3n) is 1.98. The van der Waals surface area contributed by atoms with Gasteiger partial charge in [-0.2, -0.15) is 0 Å². The predicted molar refractivity (Wildman–Crippen MR) is 55.7 cm³/mol. The van der Waals surface area contributed by atoms with Gasteiger partial charge in [-0.15, -0.1) is 5.10 Å². The van der Waals surface area contributed by atoms with Gasteiger partial charge in [-0.3, -0.25) is 0 Å². The van der Waals surface area contributed by atoms with Gasteiger partial charge in [0, 0.05) is 17.9 Å². The molecule has 2 aromatic rings. The molecule has 14 heavy (non-hydrogen) atoms. The van der Waals surface area contributed by atoms with Gasteiger partial charge < -0.3 is 0 Å². The first kappa shape index (κ1) is 9.33. The van der Waals surface area contributed by atoms with E-state index in [9.17, 15) is 0 Å². The van der Waals surface area contributed by atoms with Crippen LogP contribution >= 0.6 is 15.9 Å². The van der Waals surface area contributed by atoms with E-state index < -0.39 is 0 Å². The van der Waals surface area contributed by atoms with Crippen LogP contribution in [0.4, 0.5) is 0 Å². The highest BCUT2D eigenvalue weighted by Crippen LogP contribution is 2.12. The van der Waals surface area contributed by atoms with Gasteiger partial charge in [0.25, 0.3) is 0 Å². The van der Waals surface area contributed by atoms with Crippen molar-refractivity contribution >= 4 is 15.9 Å². The van der Waals surface area contributed by atoms with E-state index in [0.29, 0.717) is 0 Å². The number of hydrogen-bond donors (Lipinski definition) is 0. The second-order valence-corrected chi connectivity index (χ2v) is 3.94. The molecule has 0 spiro atoms. The summed E-state index contributed by atoms with van der Waals surface area (Å²) >= 11 is 3.39. The van der Waals surface area contributed by atoms with Gasteiger partial charge >= 0.3 is 0 Å². The Morgan fingerprint density at radius 3 is 2.57 bits per heavy atom.